The monoisotopic (exact) mass is 412 g/mol. The maximum atomic E-state index is 12.1. The first-order chi connectivity index (χ1) is 14.0. The highest BCUT2D eigenvalue weighted by Gasteiger charge is 2.10. The Morgan fingerprint density at radius 1 is 1.24 bits per heavy atom. The van der Waals surface area contributed by atoms with Crippen LogP contribution in [0.3, 0.4) is 0 Å². The predicted octanol–water partition coefficient (Wildman–Crippen LogP) is 4.20. The van der Waals surface area contributed by atoms with Gasteiger partial charge in [-0.3, -0.25) is 0 Å². The predicted molar refractivity (Wildman–Crippen MR) is 111 cm³/mol. The zero-order chi connectivity index (χ0) is 20.6. The van der Waals surface area contributed by atoms with Crippen LogP contribution in [0, 0.1) is 6.92 Å². The summed E-state index contributed by atoms with van der Waals surface area (Å²) in [7, 11) is 0. The second kappa shape index (κ2) is 10.0. The number of carbonyl (C=O) groups is 1. The van der Waals surface area contributed by atoms with Crippen LogP contribution in [0.1, 0.15) is 43.5 Å². The second-order valence-electron chi connectivity index (χ2n) is 6.80. The SMILES string of the molecule is Cc1cc(Sc2ncccn2)ccc1NC(=O)NCCCc1nc(C(C)C)no1. The molecule has 8 nitrogen and oxygen atoms in total. The van der Waals surface area contributed by atoms with Crippen molar-refractivity contribution in [3.05, 3.63) is 53.9 Å². The van der Waals surface area contributed by atoms with Crippen LogP contribution in [0.5, 0.6) is 0 Å². The minimum Gasteiger partial charge on any atom is -0.339 e. The van der Waals surface area contributed by atoms with Gasteiger partial charge < -0.3 is 15.2 Å². The molecule has 1 aromatic carbocycles. The Morgan fingerprint density at radius 2 is 2.03 bits per heavy atom. The number of benzene rings is 1. The van der Waals surface area contributed by atoms with E-state index in [4.69, 9.17) is 4.52 Å². The smallest absolute Gasteiger partial charge is 0.319 e. The quantitative estimate of drug-likeness (QED) is 0.422. The van der Waals surface area contributed by atoms with E-state index < -0.39 is 0 Å². The van der Waals surface area contributed by atoms with Crippen LogP contribution < -0.4 is 10.6 Å². The number of rotatable bonds is 8. The van der Waals surface area contributed by atoms with Crippen LogP contribution in [-0.2, 0) is 6.42 Å². The zero-order valence-corrected chi connectivity index (χ0v) is 17.5. The fourth-order valence-electron chi connectivity index (χ4n) is 2.50. The molecule has 0 bridgehead atoms. The number of carbonyl (C=O) groups excluding carboxylic acids is 1. The summed E-state index contributed by atoms with van der Waals surface area (Å²) < 4.78 is 5.20. The van der Waals surface area contributed by atoms with Gasteiger partial charge in [0, 0.05) is 41.9 Å². The van der Waals surface area contributed by atoms with E-state index in [1.165, 1.54) is 11.8 Å². The number of nitrogens with zero attached hydrogens (tertiary/aromatic N) is 4. The lowest BCUT2D eigenvalue weighted by atomic mass is 10.2. The van der Waals surface area contributed by atoms with Crippen molar-refractivity contribution in [2.45, 2.75) is 49.6 Å². The second-order valence-corrected chi connectivity index (χ2v) is 7.84. The van der Waals surface area contributed by atoms with E-state index in [9.17, 15) is 4.79 Å². The third kappa shape index (κ3) is 6.28. The largest absolute Gasteiger partial charge is 0.339 e. The lowest BCUT2D eigenvalue weighted by molar-refractivity contribution is 0.251. The Kier molecular flexibility index (Phi) is 7.18. The molecule has 0 unspecified atom stereocenters. The van der Waals surface area contributed by atoms with Gasteiger partial charge in [-0.25, -0.2) is 14.8 Å². The van der Waals surface area contributed by atoms with E-state index in [1.54, 1.807) is 18.5 Å². The van der Waals surface area contributed by atoms with Crippen molar-refractivity contribution in [1.29, 1.82) is 0 Å². The number of urea groups is 1. The Labute approximate surface area is 173 Å². The van der Waals surface area contributed by atoms with Gasteiger partial charge in [-0.15, -0.1) is 0 Å². The van der Waals surface area contributed by atoms with E-state index >= 15 is 0 Å². The molecule has 0 saturated heterocycles. The number of nitrogens with one attached hydrogen (secondary N) is 2. The first kappa shape index (κ1) is 20.8. The van der Waals surface area contributed by atoms with Gasteiger partial charge >= 0.3 is 6.03 Å². The highest BCUT2D eigenvalue weighted by Crippen LogP contribution is 2.27. The fraction of sp³-hybridized carbons (Fsp3) is 0.350. The maximum absolute atomic E-state index is 12.1. The normalized spacial score (nSPS) is 10.9. The molecule has 0 radical (unpaired) electrons. The third-order valence-corrected chi connectivity index (χ3v) is 4.93. The van der Waals surface area contributed by atoms with Crippen molar-refractivity contribution in [3.63, 3.8) is 0 Å². The van der Waals surface area contributed by atoms with E-state index in [2.05, 4.69) is 30.7 Å². The highest BCUT2D eigenvalue weighted by molar-refractivity contribution is 7.99. The number of hydrogen-bond acceptors (Lipinski definition) is 7. The lowest BCUT2D eigenvalue weighted by Crippen LogP contribution is -2.30. The zero-order valence-electron chi connectivity index (χ0n) is 16.7. The molecule has 2 amide bonds. The van der Waals surface area contributed by atoms with Crippen molar-refractivity contribution in [1.82, 2.24) is 25.4 Å². The summed E-state index contributed by atoms with van der Waals surface area (Å²) in [5, 5.41) is 10.3. The van der Waals surface area contributed by atoms with E-state index in [0.717, 1.165) is 22.6 Å². The van der Waals surface area contributed by atoms with Gasteiger partial charge in [0.05, 0.1) is 0 Å². The molecule has 9 heteroatoms. The van der Waals surface area contributed by atoms with Crippen molar-refractivity contribution in [2.75, 3.05) is 11.9 Å². The van der Waals surface area contributed by atoms with Gasteiger partial charge in [0.2, 0.25) is 5.89 Å². The average molecular weight is 413 g/mol. The summed E-state index contributed by atoms with van der Waals surface area (Å²) in [6, 6.07) is 7.36. The van der Waals surface area contributed by atoms with Crippen LogP contribution in [0.25, 0.3) is 0 Å². The molecule has 3 rings (SSSR count). The standard InChI is InChI=1S/C20H24N6O2S/c1-13(2)18-25-17(28-26-18)6-4-9-21-19(27)24-16-8-7-15(12-14(16)3)29-20-22-10-5-11-23-20/h5,7-8,10-13H,4,6,9H2,1-3H3,(H2,21,24,27). The maximum Gasteiger partial charge on any atom is 0.319 e. The summed E-state index contributed by atoms with van der Waals surface area (Å²) in [5.74, 6) is 1.55. The Bertz CT molecular complexity index is 945. The molecule has 0 atom stereocenters. The summed E-state index contributed by atoms with van der Waals surface area (Å²) in [5.41, 5.74) is 1.73. The van der Waals surface area contributed by atoms with Crippen molar-refractivity contribution in [2.24, 2.45) is 0 Å². The van der Waals surface area contributed by atoms with Crippen LogP contribution in [0.2, 0.25) is 0 Å². The molecular weight excluding hydrogens is 388 g/mol. The molecule has 0 spiro atoms. The molecule has 0 aliphatic rings. The summed E-state index contributed by atoms with van der Waals surface area (Å²) in [6.07, 6.45) is 4.78. The highest BCUT2D eigenvalue weighted by atomic mass is 32.2. The first-order valence-electron chi connectivity index (χ1n) is 9.44. The number of aromatic nitrogens is 4. The van der Waals surface area contributed by atoms with Crippen LogP contribution in [0.15, 0.2) is 51.2 Å². The summed E-state index contributed by atoms with van der Waals surface area (Å²) >= 11 is 1.48. The Morgan fingerprint density at radius 3 is 2.72 bits per heavy atom. The molecule has 3 aromatic rings. The van der Waals surface area contributed by atoms with Gasteiger partial charge in [0.1, 0.15) is 0 Å². The molecule has 152 valence electrons. The van der Waals surface area contributed by atoms with Crippen LogP contribution in [0.4, 0.5) is 10.5 Å². The topological polar surface area (TPSA) is 106 Å². The van der Waals surface area contributed by atoms with E-state index in [1.807, 2.05) is 39.0 Å². The average Bonchev–Trinajstić information content (AvgIpc) is 3.18. The van der Waals surface area contributed by atoms with Gasteiger partial charge in [0.15, 0.2) is 11.0 Å². The van der Waals surface area contributed by atoms with E-state index in [-0.39, 0.29) is 11.9 Å². The molecular formula is C20H24N6O2S. The number of anilines is 1. The third-order valence-electron chi connectivity index (χ3n) is 4.05. The minimum absolute atomic E-state index is 0.240. The van der Waals surface area contributed by atoms with Crippen LogP contribution in [-0.4, -0.2) is 32.7 Å². The van der Waals surface area contributed by atoms with Crippen molar-refractivity contribution >= 4 is 23.5 Å². The molecule has 0 aliphatic carbocycles. The Hall–Kier alpha value is -2.94. The van der Waals surface area contributed by atoms with Gasteiger partial charge in [-0.1, -0.05) is 19.0 Å². The van der Waals surface area contributed by atoms with Gasteiger partial charge in [0.25, 0.3) is 0 Å². The van der Waals surface area contributed by atoms with Crippen molar-refractivity contribution in [3.8, 4) is 0 Å². The number of aryl methyl sites for hydroxylation is 2. The molecule has 2 N–H and O–H groups in total. The van der Waals surface area contributed by atoms with Gasteiger partial charge in [-0.2, -0.15) is 4.98 Å². The Balaban J connectivity index is 1.43. The summed E-state index contributed by atoms with van der Waals surface area (Å²) in [4.78, 5) is 25.9. The molecule has 2 heterocycles. The number of hydrogen-bond donors (Lipinski definition) is 2. The van der Waals surface area contributed by atoms with Crippen LogP contribution >= 0.6 is 11.8 Å². The minimum atomic E-state index is -0.242. The molecule has 0 fully saturated rings. The lowest BCUT2D eigenvalue weighted by Gasteiger charge is -2.11. The summed E-state index contributed by atoms with van der Waals surface area (Å²) in [6.45, 7) is 6.50. The fourth-order valence-corrected chi connectivity index (χ4v) is 3.31. The number of amides is 2. The molecule has 0 saturated carbocycles. The first-order valence-corrected chi connectivity index (χ1v) is 10.3. The molecule has 0 aliphatic heterocycles. The van der Waals surface area contributed by atoms with Gasteiger partial charge in [-0.05, 0) is 54.9 Å². The van der Waals surface area contributed by atoms with Crippen molar-refractivity contribution < 1.29 is 9.32 Å². The van der Waals surface area contributed by atoms with E-state index in [0.29, 0.717) is 29.8 Å². The molecule has 29 heavy (non-hydrogen) atoms. The molecule has 2 aromatic heterocycles.